The number of nitrogens with one attached hydrogen (secondary N) is 1. The van der Waals surface area contributed by atoms with Gasteiger partial charge < -0.3 is 19.4 Å². The van der Waals surface area contributed by atoms with E-state index in [1.807, 2.05) is 0 Å². The zero-order valence-corrected chi connectivity index (χ0v) is 20.9. The van der Waals surface area contributed by atoms with Crippen molar-refractivity contribution in [3.05, 3.63) is 63.1 Å². The van der Waals surface area contributed by atoms with Crippen LogP contribution < -0.4 is 5.56 Å². The fourth-order valence-corrected chi connectivity index (χ4v) is 5.33. The Morgan fingerprint density at radius 3 is 2.65 bits per heavy atom. The largest absolute Gasteiger partial charge is 0.376 e. The maximum absolute atomic E-state index is 13.4. The highest BCUT2D eigenvalue weighted by atomic mass is 19.1. The molecule has 0 radical (unpaired) electrons. The number of ether oxygens (including phenoxy) is 2. The summed E-state index contributed by atoms with van der Waals surface area (Å²) >= 11 is 0. The molecular formula is C27H33FN4O5. The number of carbonyl (C=O) groups excluding carboxylic acids is 2. The number of amides is 1. The predicted octanol–water partition coefficient (Wildman–Crippen LogP) is 2.08. The highest BCUT2D eigenvalue weighted by Gasteiger charge is 2.29. The lowest BCUT2D eigenvalue weighted by Crippen LogP contribution is -2.46. The van der Waals surface area contributed by atoms with Gasteiger partial charge in [-0.15, -0.1) is 0 Å². The molecule has 2 aromatic rings. The van der Waals surface area contributed by atoms with Crippen LogP contribution in [0.2, 0.25) is 0 Å². The van der Waals surface area contributed by atoms with Crippen molar-refractivity contribution in [3.63, 3.8) is 0 Å². The van der Waals surface area contributed by atoms with E-state index in [-0.39, 0.29) is 54.8 Å². The fourth-order valence-electron chi connectivity index (χ4n) is 5.33. The van der Waals surface area contributed by atoms with E-state index in [4.69, 9.17) is 9.47 Å². The number of rotatable bonds is 8. The fraction of sp³-hybridized carbons (Fsp3) is 0.556. The lowest BCUT2D eigenvalue weighted by Gasteiger charge is -2.33. The summed E-state index contributed by atoms with van der Waals surface area (Å²) in [5.74, 6) is -0.0448. The standard InChI is InChI=1S/C27H33FN4O5/c28-20-5-3-18(4-6-20)26(34)19-7-10-31(11-8-19)16-25(33)32(14-21-2-1-12-37-21)15-24-29-23-9-13-36-17-22(23)27(35)30-24/h3-6,19,21H,1-2,7-17H2,(H,29,30,35). The number of piperidine rings is 1. The maximum atomic E-state index is 13.4. The minimum Gasteiger partial charge on any atom is -0.376 e. The van der Waals surface area contributed by atoms with Gasteiger partial charge >= 0.3 is 0 Å². The molecule has 10 heteroatoms. The zero-order valence-electron chi connectivity index (χ0n) is 20.9. The molecule has 0 bridgehead atoms. The van der Waals surface area contributed by atoms with Crippen LogP contribution in [0.25, 0.3) is 0 Å². The zero-order chi connectivity index (χ0) is 25.8. The van der Waals surface area contributed by atoms with E-state index >= 15 is 0 Å². The SMILES string of the molecule is O=C(c1ccc(F)cc1)C1CCN(CC(=O)N(Cc2nc3c(c(=O)[nH]2)COCC3)CC2CCCO2)CC1. The lowest BCUT2D eigenvalue weighted by molar-refractivity contribution is -0.135. The molecule has 1 N–H and O–H groups in total. The highest BCUT2D eigenvalue weighted by molar-refractivity contribution is 5.97. The van der Waals surface area contributed by atoms with Crippen molar-refractivity contribution in [2.75, 3.05) is 39.4 Å². The molecule has 5 rings (SSSR count). The number of aromatic amines is 1. The molecule has 9 nitrogen and oxygen atoms in total. The molecule has 1 aromatic heterocycles. The Bertz CT molecular complexity index is 1170. The van der Waals surface area contributed by atoms with E-state index in [0.717, 1.165) is 18.5 Å². The summed E-state index contributed by atoms with van der Waals surface area (Å²) in [7, 11) is 0. The molecule has 1 amide bonds. The summed E-state index contributed by atoms with van der Waals surface area (Å²) in [6.07, 6.45) is 3.72. The molecule has 2 saturated heterocycles. The number of hydrogen-bond donors (Lipinski definition) is 1. The van der Waals surface area contributed by atoms with Crippen molar-refractivity contribution < 1.29 is 23.5 Å². The number of benzene rings is 1. The van der Waals surface area contributed by atoms with Gasteiger partial charge in [-0.3, -0.25) is 19.3 Å². The Morgan fingerprint density at radius 1 is 1.14 bits per heavy atom. The molecular weight excluding hydrogens is 479 g/mol. The third-order valence-electron chi connectivity index (χ3n) is 7.47. The minimum absolute atomic E-state index is 0.0267. The van der Waals surface area contributed by atoms with Crippen molar-refractivity contribution in [2.45, 2.75) is 51.4 Å². The van der Waals surface area contributed by atoms with Gasteiger partial charge in [0.1, 0.15) is 11.6 Å². The number of nitrogens with zero attached hydrogens (tertiary/aromatic N) is 3. The van der Waals surface area contributed by atoms with Crippen LogP contribution in [0.15, 0.2) is 29.1 Å². The Balaban J connectivity index is 1.21. The monoisotopic (exact) mass is 512 g/mol. The average Bonchev–Trinajstić information content (AvgIpc) is 3.42. The molecule has 2 fully saturated rings. The molecule has 3 aliphatic heterocycles. The van der Waals surface area contributed by atoms with E-state index in [2.05, 4.69) is 14.9 Å². The number of carbonyl (C=O) groups is 2. The first kappa shape index (κ1) is 25.7. The number of hydrogen-bond acceptors (Lipinski definition) is 7. The number of Topliss-reactive ketones (excluding diaryl/α,β-unsaturated/α-hetero) is 1. The average molecular weight is 513 g/mol. The first-order valence-electron chi connectivity index (χ1n) is 13.1. The van der Waals surface area contributed by atoms with Gasteiger partial charge in [0.25, 0.3) is 5.56 Å². The van der Waals surface area contributed by atoms with Crippen LogP contribution in [0, 0.1) is 11.7 Å². The Morgan fingerprint density at radius 2 is 1.92 bits per heavy atom. The summed E-state index contributed by atoms with van der Waals surface area (Å²) in [6, 6.07) is 5.68. The van der Waals surface area contributed by atoms with E-state index in [1.165, 1.54) is 24.3 Å². The molecule has 1 atom stereocenters. The van der Waals surface area contributed by atoms with Gasteiger partial charge in [-0.05, 0) is 63.0 Å². The predicted molar refractivity (Wildman–Crippen MR) is 133 cm³/mol. The minimum atomic E-state index is -0.360. The third-order valence-corrected chi connectivity index (χ3v) is 7.47. The van der Waals surface area contributed by atoms with Gasteiger partial charge in [0.2, 0.25) is 5.91 Å². The summed E-state index contributed by atoms with van der Waals surface area (Å²) in [5.41, 5.74) is 1.61. The normalized spacial score (nSPS) is 20.5. The quantitative estimate of drug-likeness (QED) is 0.540. The third kappa shape index (κ3) is 6.31. The van der Waals surface area contributed by atoms with Crippen LogP contribution in [0.1, 0.15) is 53.1 Å². The topological polar surface area (TPSA) is 105 Å². The van der Waals surface area contributed by atoms with Crippen molar-refractivity contribution in [2.24, 2.45) is 5.92 Å². The maximum Gasteiger partial charge on any atom is 0.256 e. The second-order valence-corrected chi connectivity index (χ2v) is 10.1. The van der Waals surface area contributed by atoms with Crippen LogP contribution >= 0.6 is 0 Å². The van der Waals surface area contributed by atoms with Gasteiger partial charge in [0.05, 0.1) is 43.7 Å². The number of ketones is 1. The number of fused-ring (bicyclic) bond motifs is 1. The number of halogens is 1. The van der Waals surface area contributed by atoms with Crippen LogP contribution in [-0.2, 0) is 33.8 Å². The first-order chi connectivity index (χ1) is 18.0. The van der Waals surface area contributed by atoms with E-state index in [1.54, 1.807) is 4.90 Å². The Kier molecular flexibility index (Phi) is 8.07. The van der Waals surface area contributed by atoms with Crippen molar-refractivity contribution in [1.82, 2.24) is 19.8 Å². The number of likely N-dealkylation sites (tertiary alicyclic amines) is 1. The summed E-state index contributed by atoms with van der Waals surface area (Å²) in [4.78, 5) is 50.0. The van der Waals surface area contributed by atoms with Gasteiger partial charge in [-0.2, -0.15) is 0 Å². The van der Waals surface area contributed by atoms with E-state index < -0.39 is 0 Å². The first-order valence-corrected chi connectivity index (χ1v) is 13.1. The molecule has 198 valence electrons. The van der Waals surface area contributed by atoms with Crippen molar-refractivity contribution >= 4 is 11.7 Å². The Labute approximate surface area is 215 Å². The van der Waals surface area contributed by atoms with Gasteiger partial charge in [0.15, 0.2) is 5.78 Å². The summed E-state index contributed by atoms with van der Waals surface area (Å²) < 4.78 is 24.4. The molecule has 3 aliphatic rings. The molecule has 0 aliphatic carbocycles. The van der Waals surface area contributed by atoms with Gasteiger partial charge in [-0.1, -0.05) is 0 Å². The molecule has 1 aromatic carbocycles. The van der Waals surface area contributed by atoms with Crippen LogP contribution in [0.5, 0.6) is 0 Å². The molecule has 1 unspecified atom stereocenters. The molecule has 0 spiro atoms. The van der Waals surface area contributed by atoms with E-state index in [9.17, 15) is 18.8 Å². The second kappa shape index (κ2) is 11.6. The molecule has 4 heterocycles. The molecule has 37 heavy (non-hydrogen) atoms. The van der Waals surface area contributed by atoms with Gasteiger partial charge in [-0.25, -0.2) is 9.37 Å². The summed E-state index contributed by atoms with van der Waals surface area (Å²) in [5, 5.41) is 0. The van der Waals surface area contributed by atoms with Gasteiger partial charge in [0, 0.05) is 31.1 Å². The van der Waals surface area contributed by atoms with Crippen LogP contribution in [0.4, 0.5) is 4.39 Å². The molecule has 0 saturated carbocycles. The van der Waals surface area contributed by atoms with E-state index in [0.29, 0.717) is 69.1 Å². The summed E-state index contributed by atoms with van der Waals surface area (Å²) in [6.45, 7) is 3.63. The van der Waals surface area contributed by atoms with Crippen LogP contribution in [-0.4, -0.2) is 77.0 Å². The smallest absolute Gasteiger partial charge is 0.256 e. The van der Waals surface area contributed by atoms with Crippen molar-refractivity contribution in [3.8, 4) is 0 Å². The number of aromatic nitrogens is 2. The highest BCUT2D eigenvalue weighted by Crippen LogP contribution is 2.23. The number of H-pyrrole nitrogens is 1. The van der Waals surface area contributed by atoms with Crippen molar-refractivity contribution in [1.29, 1.82) is 0 Å². The lowest BCUT2D eigenvalue weighted by atomic mass is 9.89. The van der Waals surface area contributed by atoms with Crippen LogP contribution in [0.3, 0.4) is 0 Å². The second-order valence-electron chi connectivity index (χ2n) is 10.1. The Hall–Kier alpha value is -2.95.